The average molecular weight is 763 g/mol. The van der Waals surface area contributed by atoms with E-state index in [0.717, 1.165) is 85.3 Å². The summed E-state index contributed by atoms with van der Waals surface area (Å²) in [5.74, 6) is -1.32. The molecule has 5 amide bonds. The molecule has 2 aliphatic carbocycles. The molecule has 4 heterocycles. The largest absolute Gasteiger partial charge is 0.372 e. The number of carbonyl (C=O) groups is 5. The Morgan fingerprint density at radius 2 is 1.60 bits per heavy atom. The minimum atomic E-state index is -0.964. The highest BCUT2D eigenvalue weighted by molar-refractivity contribution is 6.33. The number of piperidine rings is 1. The predicted octanol–water partition coefficient (Wildman–Crippen LogP) is 5.55. The number of fused-ring (bicyclic) bond motifs is 2. The van der Waals surface area contributed by atoms with Crippen LogP contribution in [0.4, 0.5) is 11.4 Å². The molecule has 0 radical (unpaired) electrons. The van der Waals surface area contributed by atoms with E-state index in [4.69, 9.17) is 18.2 Å². The molecule has 0 spiro atoms. The Bertz CT molecular complexity index is 2060. The van der Waals surface area contributed by atoms with E-state index < -0.39 is 23.8 Å². The Balaban J connectivity index is 0.784. The molecule has 3 fully saturated rings. The first kappa shape index (κ1) is 36.8. The fraction of sp³-hybridized carbons (Fsp3) is 0.463. The molecule has 0 bridgehead atoms. The lowest BCUT2D eigenvalue weighted by Crippen LogP contribution is -2.54. The minimum Gasteiger partial charge on any atom is -0.372 e. The van der Waals surface area contributed by atoms with Gasteiger partial charge in [0, 0.05) is 61.8 Å². The van der Waals surface area contributed by atoms with Gasteiger partial charge in [0.15, 0.2) is 5.69 Å². The van der Waals surface area contributed by atoms with Crippen molar-refractivity contribution >= 4 is 52.5 Å². The number of nitrogens with zero attached hydrogens (tertiary/aromatic N) is 6. The molecule has 5 aliphatic rings. The van der Waals surface area contributed by atoms with Crippen molar-refractivity contribution in [3.8, 4) is 0 Å². The molecule has 1 aromatic heterocycles. The number of anilines is 1. The minimum absolute atomic E-state index is 0.0756. The van der Waals surface area contributed by atoms with Crippen LogP contribution < -0.4 is 15.5 Å². The summed E-state index contributed by atoms with van der Waals surface area (Å²) >= 11 is 6.27. The Labute approximate surface area is 324 Å². The van der Waals surface area contributed by atoms with E-state index >= 15 is 0 Å². The van der Waals surface area contributed by atoms with Gasteiger partial charge in [-0.1, -0.05) is 17.7 Å². The van der Waals surface area contributed by atoms with Crippen LogP contribution >= 0.6 is 11.6 Å². The van der Waals surface area contributed by atoms with Gasteiger partial charge in [0.05, 0.1) is 23.4 Å². The van der Waals surface area contributed by atoms with Crippen LogP contribution in [0.1, 0.15) is 118 Å². The zero-order valence-electron chi connectivity index (χ0n) is 30.7. The van der Waals surface area contributed by atoms with E-state index in [1.165, 1.54) is 0 Å². The van der Waals surface area contributed by atoms with Gasteiger partial charge in [-0.2, -0.15) is 5.10 Å². The molecule has 284 valence electrons. The lowest BCUT2D eigenvalue weighted by Gasteiger charge is -2.36. The summed E-state index contributed by atoms with van der Waals surface area (Å²) in [7, 11) is 2.05. The number of carbonyl (C=O) groups excluding carboxylic acids is 5. The Kier molecular flexibility index (Phi) is 10.1. The lowest BCUT2D eigenvalue weighted by molar-refractivity contribution is -0.136. The van der Waals surface area contributed by atoms with Crippen LogP contribution in [0.25, 0.3) is 4.85 Å². The summed E-state index contributed by atoms with van der Waals surface area (Å²) in [5, 5.41) is 14.7. The van der Waals surface area contributed by atoms with Crippen molar-refractivity contribution in [2.75, 3.05) is 18.5 Å². The van der Waals surface area contributed by atoms with Crippen molar-refractivity contribution in [1.29, 1.82) is 0 Å². The number of nitrogens with one attached hydrogen (secondary N) is 2. The van der Waals surface area contributed by atoms with Crippen molar-refractivity contribution in [1.82, 2.24) is 30.6 Å². The van der Waals surface area contributed by atoms with E-state index in [9.17, 15) is 24.0 Å². The molecular weight excluding hydrogens is 720 g/mol. The fourth-order valence-electron chi connectivity index (χ4n) is 9.14. The number of imide groups is 2. The average Bonchev–Trinajstić information content (AvgIpc) is 3.69. The van der Waals surface area contributed by atoms with Crippen molar-refractivity contribution < 1.29 is 24.0 Å². The maximum Gasteiger partial charge on any atom is 0.272 e. The molecule has 8 rings (SSSR count). The van der Waals surface area contributed by atoms with E-state index in [2.05, 4.69) is 35.5 Å². The predicted molar refractivity (Wildman–Crippen MR) is 204 cm³/mol. The Morgan fingerprint density at radius 3 is 2.20 bits per heavy atom. The second-order valence-electron chi connectivity index (χ2n) is 15.7. The zero-order valence-corrected chi connectivity index (χ0v) is 31.5. The molecule has 2 saturated carbocycles. The second-order valence-corrected chi connectivity index (χ2v) is 16.1. The van der Waals surface area contributed by atoms with Gasteiger partial charge in [0.2, 0.25) is 17.5 Å². The third kappa shape index (κ3) is 7.33. The summed E-state index contributed by atoms with van der Waals surface area (Å²) in [6.07, 6.45) is 7.90. The van der Waals surface area contributed by atoms with Crippen LogP contribution in [-0.4, -0.2) is 81.3 Å². The molecular formula is C41H43ClN8O5. The summed E-state index contributed by atoms with van der Waals surface area (Å²) in [6.45, 7) is 9.54. The van der Waals surface area contributed by atoms with Gasteiger partial charge in [0.25, 0.3) is 17.7 Å². The molecule has 14 heteroatoms. The number of amides is 5. The highest BCUT2D eigenvalue weighted by atomic mass is 35.5. The van der Waals surface area contributed by atoms with E-state index in [1.54, 1.807) is 12.1 Å². The van der Waals surface area contributed by atoms with Gasteiger partial charge < -0.3 is 10.2 Å². The van der Waals surface area contributed by atoms with Gasteiger partial charge in [-0.25, -0.2) is 4.85 Å². The Morgan fingerprint density at radius 1 is 0.909 bits per heavy atom. The van der Waals surface area contributed by atoms with Crippen LogP contribution in [0.2, 0.25) is 5.02 Å². The van der Waals surface area contributed by atoms with E-state index in [-0.39, 0.29) is 30.7 Å². The molecule has 3 aromatic rings. The van der Waals surface area contributed by atoms with Crippen LogP contribution in [0.3, 0.4) is 0 Å². The van der Waals surface area contributed by atoms with Crippen LogP contribution in [0.5, 0.6) is 0 Å². The van der Waals surface area contributed by atoms with Crippen molar-refractivity contribution in [3.05, 3.63) is 92.5 Å². The smallest absolute Gasteiger partial charge is 0.272 e. The van der Waals surface area contributed by atoms with Gasteiger partial charge in [-0.3, -0.25) is 39.1 Å². The number of halogens is 1. The summed E-state index contributed by atoms with van der Waals surface area (Å²) in [6, 6.07) is 12.3. The summed E-state index contributed by atoms with van der Waals surface area (Å²) in [4.78, 5) is 72.7. The van der Waals surface area contributed by atoms with Crippen LogP contribution in [0.15, 0.2) is 42.5 Å². The topological polar surface area (TPSA) is 149 Å². The highest BCUT2D eigenvalue weighted by Crippen LogP contribution is 2.38. The van der Waals surface area contributed by atoms with Gasteiger partial charge in [0.1, 0.15) is 6.04 Å². The SMILES string of the molecule is [C-]#[N+]c1ccc(N(C)C2CCC(NC(=O)c3ccc(C4CCC(CN5Cc6cc7c(cc6C5)C(=O)N(C5CCC(=O)NC5=O)C7=O)CC4)nn3)CC2)cc1Cl. The molecule has 1 unspecified atom stereocenters. The molecule has 1 saturated heterocycles. The number of rotatable bonds is 8. The van der Waals surface area contributed by atoms with Crippen molar-refractivity contribution in [3.63, 3.8) is 0 Å². The maximum absolute atomic E-state index is 13.3. The second kappa shape index (κ2) is 15.2. The zero-order chi connectivity index (χ0) is 38.4. The van der Waals surface area contributed by atoms with Gasteiger partial charge >= 0.3 is 0 Å². The Hall–Kier alpha value is -5.19. The lowest BCUT2D eigenvalue weighted by atomic mass is 9.80. The molecule has 55 heavy (non-hydrogen) atoms. The monoisotopic (exact) mass is 762 g/mol. The van der Waals surface area contributed by atoms with Crippen molar-refractivity contribution in [2.24, 2.45) is 5.92 Å². The number of benzene rings is 2. The molecule has 2 N–H and O–H groups in total. The molecule has 3 aliphatic heterocycles. The van der Waals surface area contributed by atoms with Gasteiger partial charge in [-0.15, -0.1) is 5.10 Å². The van der Waals surface area contributed by atoms with Crippen LogP contribution in [0, 0.1) is 12.5 Å². The maximum atomic E-state index is 13.3. The third-order valence-corrected chi connectivity index (χ3v) is 12.6. The first-order chi connectivity index (χ1) is 26.6. The van der Waals surface area contributed by atoms with Crippen LogP contribution in [-0.2, 0) is 22.7 Å². The van der Waals surface area contributed by atoms with E-state index in [1.807, 2.05) is 37.4 Å². The quantitative estimate of drug-likeness (QED) is 0.223. The fourth-order valence-corrected chi connectivity index (χ4v) is 9.36. The van der Waals surface area contributed by atoms with Crippen molar-refractivity contribution in [2.45, 2.75) is 101 Å². The molecule has 13 nitrogen and oxygen atoms in total. The third-order valence-electron chi connectivity index (χ3n) is 12.3. The first-order valence-corrected chi connectivity index (χ1v) is 19.6. The van der Waals surface area contributed by atoms with E-state index in [0.29, 0.717) is 58.5 Å². The highest BCUT2D eigenvalue weighted by Gasteiger charge is 2.45. The molecule has 2 aromatic carbocycles. The normalized spacial score (nSPS) is 25.3. The number of hydrogen-bond acceptors (Lipinski definition) is 9. The summed E-state index contributed by atoms with van der Waals surface area (Å²) < 4.78 is 0. The number of aromatic nitrogens is 2. The summed E-state index contributed by atoms with van der Waals surface area (Å²) in [5.41, 5.74) is 5.42. The number of hydrogen-bond donors (Lipinski definition) is 2. The standard InChI is InChI=1S/C41H43ClN8O5/c1-43-34-12-11-29(19-32(34)42)48(2)28-9-7-27(8-10-28)44-38(52)35-14-13-33(46-47-35)24-5-3-23(4-6-24)20-49-21-25-17-30-31(18-26(25)22-49)41(55)50(40(30)54)36-15-16-37(51)45-39(36)53/h11-14,17-19,23-24,27-28,36H,3-10,15-16,20-22H2,2H3,(H,44,52)(H,45,51,53). The van der Waals surface area contributed by atoms with Gasteiger partial charge in [-0.05, 0) is 111 Å². The molecule has 1 atom stereocenters. The first-order valence-electron chi connectivity index (χ1n) is 19.2.